The van der Waals surface area contributed by atoms with E-state index in [2.05, 4.69) is 4.58 Å². The van der Waals surface area contributed by atoms with E-state index in [1.807, 2.05) is 0 Å². The second kappa shape index (κ2) is 18.7. The molecule has 0 atom stereocenters. The third kappa shape index (κ3) is 9.71. The lowest BCUT2D eigenvalue weighted by atomic mass is 9.81. The van der Waals surface area contributed by atoms with Gasteiger partial charge in [0, 0.05) is 55.5 Å². The van der Waals surface area contributed by atoms with Crippen molar-refractivity contribution in [1.29, 1.82) is 0 Å². The number of carbonyl (C=O) groups excluding carboxylic acids is 1. The number of piperazine rings is 1. The third-order valence-corrected chi connectivity index (χ3v) is 17.2. The van der Waals surface area contributed by atoms with E-state index in [1.54, 1.807) is 63.8 Å². The van der Waals surface area contributed by atoms with Crippen molar-refractivity contribution in [2.45, 2.75) is 77.9 Å². The standard InChI is InChI=1S/C48H50N4O18S4/c1-6-70-46(57)50-19-17-49(18-20-50)45-27(11-15-37-47(2,3)43-33(51(37)25-39(53)54)13-9-29-21-31(71(58,59)60)23-35(41(29)43)73(64,65)66)7-8-28(45)12-16-38-48(4,5)44-34(52(38)26-40(55)56)14-10-30-22-32(72(61,62)63)24-36(42(30)44)74(67,68)69/h9-16,21-24H,6-8,17-20,25-26H2,1-5H3,(H5-,53,54,55,56,58,59,60,61,62,63,64,65,66,67,68,69)/p+1. The Morgan fingerprint density at radius 3 is 1.34 bits per heavy atom. The fourth-order valence-electron chi connectivity index (χ4n) is 10.7. The first-order chi connectivity index (χ1) is 34.3. The molecule has 4 aromatic rings. The maximum Gasteiger partial charge on any atom is 0.410 e. The molecule has 22 nitrogen and oxygen atoms in total. The number of anilines is 2. The van der Waals surface area contributed by atoms with Crippen LogP contribution in [0.2, 0.25) is 0 Å². The quantitative estimate of drug-likeness (QED) is 0.0810. The normalized spacial score (nSPS) is 20.1. The van der Waals surface area contributed by atoms with Crippen LogP contribution in [0.3, 0.4) is 0 Å². The van der Waals surface area contributed by atoms with E-state index in [4.69, 9.17) is 4.74 Å². The van der Waals surface area contributed by atoms with E-state index in [0.29, 0.717) is 55.2 Å². The van der Waals surface area contributed by atoms with Crippen LogP contribution in [0, 0.1) is 0 Å². The Labute approximate surface area is 425 Å². The van der Waals surface area contributed by atoms with Crippen molar-refractivity contribution >= 4 is 97.1 Å². The van der Waals surface area contributed by atoms with Gasteiger partial charge in [-0.3, -0.25) is 32.7 Å². The molecule has 4 aliphatic rings. The molecular weight excluding hydrogens is 1050 g/mol. The summed E-state index contributed by atoms with van der Waals surface area (Å²) in [6.07, 6.45) is 7.26. The summed E-state index contributed by atoms with van der Waals surface area (Å²) in [7, 11) is -20.2. The lowest BCUT2D eigenvalue weighted by Crippen LogP contribution is -2.47. The van der Waals surface area contributed by atoms with Gasteiger partial charge in [0.05, 0.1) is 29.5 Å². The zero-order chi connectivity index (χ0) is 54.4. The maximum absolute atomic E-state index is 12.9. The molecule has 3 heterocycles. The fourth-order valence-corrected chi connectivity index (χ4v) is 13.5. The Bertz CT molecular complexity index is 3560. The molecule has 0 aromatic heterocycles. The molecule has 0 spiro atoms. The average Bonchev–Trinajstić information content (AvgIpc) is 3.86. The molecule has 0 radical (unpaired) electrons. The summed E-state index contributed by atoms with van der Waals surface area (Å²) >= 11 is 0. The summed E-state index contributed by atoms with van der Waals surface area (Å²) in [5.41, 5.74) is 1.45. The summed E-state index contributed by atoms with van der Waals surface area (Å²) < 4.78 is 149. The Balaban J connectivity index is 1.31. The van der Waals surface area contributed by atoms with E-state index in [-0.39, 0.29) is 63.7 Å². The highest BCUT2D eigenvalue weighted by Gasteiger charge is 2.46. The SMILES string of the molecule is CCOC(=O)N1CC[N+](=C2C(=CC=C3N(CC(=O)O)c4ccc5cc(S(=O)(=O)O)cc(S(=O)(=O)O)c5c4C3(C)C)CCC2=CC=C2N(CC(=O)O)c3ccc4cc(S(=O)(=O)O)cc(S(=O)(=O)O)c4c3C2(C)C)CC1. The molecule has 1 aliphatic carbocycles. The largest absolute Gasteiger partial charge is 0.480 e. The van der Waals surface area contributed by atoms with Gasteiger partial charge in [-0.15, -0.1) is 0 Å². The molecular formula is C48H51N4O18S4+. The van der Waals surface area contributed by atoms with E-state index in [9.17, 15) is 76.5 Å². The van der Waals surface area contributed by atoms with E-state index < -0.39 is 102 Å². The van der Waals surface area contributed by atoms with Crippen molar-refractivity contribution < 1.29 is 85.8 Å². The van der Waals surface area contributed by atoms with Gasteiger partial charge in [0.2, 0.25) is 5.71 Å². The van der Waals surface area contributed by atoms with Crippen LogP contribution < -0.4 is 9.80 Å². The van der Waals surface area contributed by atoms with Crippen LogP contribution in [0.5, 0.6) is 0 Å². The highest BCUT2D eigenvalue weighted by atomic mass is 32.2. The molecule has 8 rings (SSSR count). The molecule has 4 aromatic carbocycles. The molecule has 26 heteroatoms. The number of aliphatic carboxylic acids is 2. The molecule has 1 amide bonds. The van der Waals surface area contributed by atoms with Crippen LogP contribution in [-0.2, 0) is 65.6 Å². The lowest BCUT2D eigenvalue weighted by molar-refractivity contribution is -0.537. The first-order valence-corrected chi connectivity index (χ1v) is 28.5. The number of carbonyl (C=O) groups is 3. The second-order valence-corrected chi connectivity index (χ2v) is 24.7. The zero-order valence-electron chi connectivity index (χ0n) is 40.3. The van der Waals surface area contributed by atoms with Crippen molar-refractivity contribution in [3.05, 3.63) is 107 Å². The first kappa shape index (κ1) is 53.8. The van der Waals surface area contributed by atoms with E-state index in [0.717, 1.165) is 23.3 Å². The summed E-state index contributed by atoms with van der Waals surface area (Å²) in [5.74, 6) is -2.51. The number of hydrogen-bond acceptors (Lipinski definition) is 14. The monoisotopic (exact) mass is 1100 g/mol. The smallest absolute Gasteiger partial charge is 0.410 e. The third-order valence-electron chi connectivity index (χ3n) is 13.8. The molecule has 74 heavy (non-hydrogen) atoms. The van der Waals surface area contributed by atoms with Crippen LogP contribution >= 0.6 is 0 Å². The van der Waals surface area contributed by atoms with Crippen LogP contribution in [0.1, 0.15) is 58.6 Å². The number of carboxylic acids is 2. The number of hydrogen-bond donors (Lipinski definition) is 6. The van der Waals surface area contributed by atoms with Crippen LogP contribution in [-0.4, -0.2) is 141 Å². The maximum atomic E-state index is 12.9. The van der Waals surface area contributed by atoms with Gasteiger partial charge < -0.3 is 24.7 Å². The van der Waals surface area contributed by atoms with Gasteiger partial charge in [-0.1, -0.05) is 52.0 Å². The number of ether oxygens (including phenoxy) is 1. The topological polar surface area (TPSA) is 331 Å². The Kier molecular flexibility index (Phi) is 13.6. The Morgan fingerprint density at radius 2 is 1.00 bits per heavy atom. The van der Waals surface area contributed by atoms with E-state index >= 15 is 0 Å². The van der Waals surface area contributed by atoms with Crippen LogP contribution in [0.4, 0.5) is 16.2 Å². The summed E-state index contributed by atoms with van der Waals surface area (Å²) in [6.45, 7) is 8.61. The number of rotatable bonds is 11. The Hall–Kier alpha value is -6.52. The highest BCUT2D eigenvalue weighted by Crippen LogP contribution is 2.54. The first-order valence-electron chi connectivity index (χ1n) is 22.7. The van der Waals surface area contributed by atoms with Crippen LogP contribution in [0.25, 0.3) is 21.5 Å². The molecule has 1 saturated carbocycles. The number of carboxylic acid groups (broad SMARTS) is 2. The molecule has 1 saturated heterocycles. The summed E-state index contributed by atoms with van der Waals surface area (Å²) in [4.78, 5) is 39.1. The number of fused-ring (bicyclic) bond motifs is 6. The number of allylic oxidation sites excluding steroid dienone is 8. The number of amides is 1. The number of nitrogens with zero attached hydrogens (tertiary/aromatic N) is 4. The molecule has 3 aliphatic heterocycles. The van der Waals surface area contributed by atoms with Gasteiger partial charge in [-0.25, -0.2) is 9.37 Å². The minimum atomic E-state index is -5.16. The Morgan fingerprint density at radius 1 is 0.608 bits per heavy atom. The molecule has 0 unspecified atom stereocenters. The predicted molar refractivity (Wildman–Crippen MR) is 268 cm³/mol. The molecule has 2 fully saturated rings. The fraction of sp³-hybridized carbons (Fsp3) is 0.333. The predicted octanol–water partition coefficient (Wildman–Crippen LogP) is 5.38. The van der Waals surface area contributed by atoms with Gasteiger partial charge in [0.15, 0.2) is 13.1 Å². The van der Waals surface area contributed by atoms with Gasteiger partial charge in [0.25, 0.3) is 40.5 Å². The number of benzene rings is 4. The van der Waals surface area contributed by atoms with Crippen LogP contribution in [0.15, 0.2) is 115 Å². The second-order valence-electron chi connectivity index (χ2n) is 19.1. The van der Waals surface area contributed by atoms with Gasteiger partial charge in [-0.05, 0) is 90.2 Å². The van der Waals surface area contributed by atoms with Crippen molar-refractivity contribution in [3.8, 4) is 0 Å². The minimum Gasteiger partial charge on any atom is -0.480 e. The van der Waals surface area contributed by atoms with Gasteiger partial charge >= 0.3 is 18.0 Å². The summed E-state index contributed by atoms with van der Waals surface area (Å²) in [5, 5.41) is 20.2. The van der Waals surface area contributed by atoms with Crippen molar-refractivity contribution in [1.82, 2.24) is 4.90 Å². The molecule has 394 valence electrons. The summed E-state index contributed by atoms with van der Waals surface area (Å²) in [6, 6.07) is 9.03. The van der Waals surface area contributed by atoms with Crippen molar-refractivity contribution in [3.63, 3.8) is 0 Å². The van der Waals surface area contributed by atoms with Gasteiger partial charge in [-0.2, -0.15) is 33.7 Å². The molecule has 0 bridgehead atoms. The highest BCUT2D eigenvalue weighted by molar-refractivity contribution is 7.87. The van der Waals surface area contributed by atoms with Gasteiger partial charge in [0.1, 0.15) is 22.9 Å². The van der Waals surface area contributed by atoms with E-state index in [1.165, 1.54) is 34.1 Å². The average molecular weight is 1100 g/mol. The van der Waals surface area contributed by atoms with Crippen molar-refractivity contribution in [2.24, 2.45) is 0 Å². The minimum absolute atomic E-state index is 0.0144. The zero-order valence-corrected chi connectivity index (χ0v) is 43.6. The molecule has 6 N–H and O–H groups in total. The van der Waals surface area contributed by atoms with Crippen molar-refractivity contribution in [2.75, 3.05) is 55.7 Å². The lowest BCUT2D eigenvalue weighted by Gasteiger charge is -2.26.